The number of rotatable bonds is 5. The van der Waals surface area contributed by atoms with Crippen molar-refractivity contribution in [3.05, 3.63) is 29.0 Å². The highest BCUT2D eigenvalue weighted by molar-refractivity contribution is 7.98. The minimum absolute atomic E-state index is 0.0157. The molecule has 0 heterocycles. The Morgan fingerprint density at radius 3 is 2.94 bits per heavy atom. The molecule has 0 aromatic heterocycles. The van der Waals surface area contributed by atoms with Crippen LogP contribution in [0.1, 0.15) is 12.8 Å². The molecule has 0 aliphatic carbocycles. The maximum atomic E-state index is 12.8. The lowest BCUT2D eigenvalue weighted by Gasteiger charge is -2.05. The van der Waals surface area contributed by atoms with Crippen LogP contribution in [0.4, 0.5) is 10.1 Å². The van der Waals surface area contributed by atoms with Crippen LogP contribution in [0, 0.1) is 5.82 Å². The van der Waals surface area contributed by atoms with Crippen molar-refractivity contribution in [1.29, 1.82) is 0 Å². The maximum Gasteiger partial charge on any atom is 0.224 e. The molecule has 0 fully saturated rings. The topological polar surface area (TPSA) is 29.1 Å². The molecule has 5 heteroatoms. The molecule has 0 atom stereocenters. The van der Waals surface area contributed by atoms with Crippen LogP contribution in [0.15, 0.2) is 18.2 Å². The normalized spacial score (nSPS) is 10.2. The molecule has 1 aromatic rings. The van der Waals surface area contributed by atoms with Gasteiger partial charge in [0.25, 0.3) is 0 Å². The smallest absolute Gasteiger partial charge is 0.224 e. The lowest BCUT2D eigenvalue weighted by atomic mass is 10.2. The molecule has 0 radical (unpaired) electrons. The monoisotopic (exact) mass is 261 g/mol. The van der Waals surface area contributed by atoms with Gasteiger partial charge in [0.05, 0.1) is 5.02 Å². The van der Waals surface area contributed by atoms with E-state index in [1.54, 1.807) is 11.8 Å². The summed E-state index contributed by atoms with van der Waals surface area (Å²) in [5, 5.41) is 2.69. The van der Waals surface area contributed by atoms with Crippen LogP contribution < -0.4 is 5.32 Å². The highest BCUT2D eigenvalue weighted by Gasteiger charge is 2.04. The Balaban J connectivity index is 2.46. The first kappa shape index (κ1) is 13.3. The molecule has 0 aliphatic rings. The Morgan fingerprint density at radius 1 is 1.56 bits per heavy atom. The number of halogens is 2. The van der Waals surface area contributed by atoms with Crippen molar-refractivity contribution in [3.63, 3.8) is 0 Å². The second-order valence-electron chi connectivity index (χ2n) is 3.27. The first-order valence-electron chi connectivity index (χ1n) is 4.87. The standard InChI is InChI=1S/C11H13ClFNOS/c1-16-6-2-3-11(15)14-8-4-5-10(13)9(12)7-8/h4-5,7H,2-3,6H2,1H3,(H,14,15). The summed E-state index contributed by atoms with van der Waals surface area (Å²) >= 11 is 7.30. The lowest BCUT2D eigenvalue weighted by Crippen LogP contribution is -2.11. The molecule has 1 amide bonds. The minimum Gasteiger partial charge on any atom is -0.326 e. The van der Waals surface area contributed by atoms with Gasteiger partial charge in [-0.15, -0.1) is 0 Å². The molecular formula is C11H13ClFNOS. The van der Waals surface area contributed by atoms with Gasteiger partial charge in [-0.2, -0.15) is 11.8 Å². The summed E-state index contributed by atoms with van der Waals surface area (Å²) in [6.07, 6.45) is 3.30. The van der Waals surface area contributed by atoms with Crippen LogP contribution in [0.3, 0.4) is 0 Å². The summed E-state index contributed by atoms with van der Waals surface area (Å²) < 4.78 is 12.8. The van der Waals surface area contributed by atoms with Gasteiger partial charge in [0, 0.05) is 12.1 Å². The highest BCUT2D eigenvalue weighted by atomic mass is 35.5. The number of nitrogens with one attached hydrogen (secondary N) is 1. The summed E-state index contributed by atoms with van der Waals surface area (Å²) in [6, 6.07) is 4.14. The van der Waals surface area contributed by atoms with Gasteiger partial charge in [-0.25, -0.2) is 4.39 Å². The number of carbonyl (C=O) groups is 1. The van der Waals surface area contributed by atoms with Gasteiger partial charge in [0.2, 0.25) is 5.91 Å². The number of carbonyl (C=O) groups excluding carboxylic acids is 1. The van der Waals surface area contributed by atoms with E-state index in [-0.39, 0.29) is 10.9 Å². The average Bonchev–Trinajstić information content (AvgIpc) is 2.24. The molecule has 16 heavy (non-hydrogen) atoms. The highest BCUT2D eigenvalue weighted by Crippen LogP contribution is 2.19. The fraction of sp³-hybridized carbons (Fsp3) is 0.364. The predicted octanol–water partition coefficient (Wildman–Crippen LogP) is 3.56. The number of hydrogen-bond donors (Lipinski definition) is 1. The number of thioether (sulfide) groups is 1. The maximum absolute atomic E-state index is 12.8. The van der Waals surface area contributed by atoms with Crippen molar-refractivity contribution in [2.24, 2.45) is 0 Å². The van der Waals surface area contributed by atoms with Crippen molar-refractivity contribution < 1.29 is 9.18 Å². The first-order chi connectivity index (χ1) is 7.63. The summed E-state index contributed by atoms with van der Waals surface area (Å²) in [4.78, 5) is 11.4. The zero-order chi connectivity index (χ0) is 12.0. The molecule has 2 nitrogen and oxygen atoms in total. The largest absolute Gasteiger partial charge is 0.326 e. The molecule has 88 valence electrons. The first-order valence-corrected chi connectivity index (χ1v) is 6.64. The molecule has 0 unspecified atom stereocenters. The van der Waals surface area contributed by atoms with Crippen LogP contribution in [-0.2, 0) is 4.79 Å². The second kappa shape index (κ2) is 6.76. The summed E-state index contributed by atoms with van der Waals surface area (Å²) in [6.45, 7) is 0. The van der Waals surface area contributed by atoms with E-state index in [2.05, 4.69) is 5.32 Å². The Morgan fingerprint density at radius 2 is 2.31 bits per heavy atom. The zero-order valence-electron chi connectivity index (χ0n) is 8.93. The van der Waals surface area contributed by atoms with Gasteiger partial charge in [-0.1, -0.05) is 11.6 Å². The minimum atomic E-state index is -0.484. The van der Waals surface area contributed by atoms with E-state index in [0.717, 1.165) is 12.2 Å². The lowest BCUT2D eigenvalue weighted by molar-refractivity contribution is -0.116. The Bertz CT molecular complexity index is 373. The van der Waals surface area contributed by atoms with Crippen LogP contribution in [0.25, 0.3) is 0 Å². The van der Waals surface area contributed by atoms with E-state index in [1.807, 2.05) is 6.26 Å². The number of benzene rings is 1. The second-order valence-corrected chi connectivity index (χ2v) is 4.67. The van der Waals surface area contributed by atoms with E-state index < -0.39 is 5.82 Å². The molecular weight excluding hydrogens is 249 g/mol. The number of anilines is 1. The van der Waals surface area contributed by atoms with Crippen molar-refractivity contribution in [1.82, 2.24) is 0 Å². The van der Waals surface area contributed by atoms with Crippen molar-refractivity contribution in [2.75, 3.05) is 17.3 Å². The number of amides is 1. The SMILES string of the molecule is CSCCCC(=O)Nc1ccc(F)c(Cl)c1. The van der Waals surface area contributed by atoms with Gasteiger partial charge in [0.15, 0.2) is 0 Å². The van der Waals surface area contributed by atoms with E-state index in [9.17, 15) is 9.18 Å². The fourth-order valence-corrected chi connectivity index (χ4v) is 1.79. The van der Waals surface area contributed by atoms with Crippen molar-refractivity contribution >= 4 is 35.0 Å². The predicted molar refractivity (Wildman–Crippen MR) is 67.7 cm³/mol. The molecule has 1 aromatic carbocycles. The van der Waals surface area contributed by atoms with Crippen molar-refractivity contribution in [2.45, 2.75) is 12.8 Å². The van der Waals surface area contributed by atoms with Crippen LogP contribution in [0.5, 0.6) is 0 Å². The third kappa shape index (κ3) is 4.41. The van der Waals surface area contributed by atoms with E-state index in [4.69, 9.17) is 11.6 Å². The third-order valence-electron chi connectivity index (χ3n) is 1.96. The fourth-order valence-electron chi connectivity index (χ4n) is 1.17. The molecule has 0 spiro atoms. The van der Waals surface area contributed by atoms with Gasteiger partial charge in [0.1, 0.15) is 5.82 Å². The molecule has 0 saturated heterocycles. The van der Waals surface area contributed by atoms with E-state index in [1.165, 1.54) is 18.2 Å². The molecule has 0 aliphatic heterocycles. The quantitative estimate of drug-likeness (QED) is 0.821. The molecule has 0 bridgehead atoms. The Labute approximate surface area is 104 Å². The molecule has 1 rings (SSSR count). The summed E-state index contributed by atoms with van der Waals surface area (Å²) in [5.74, 6) is 0.399. The zero-order valence-corrected chi connectivity index (χ0v) is 10.5. The Kier molecular flexibility index (Phi) is 5.63. The third-order valence-corrected chi connectivity index (χ3v) is 2.94. The van der Waals surface area contributed by atoms with Gasteiger partial charge in [-0.05, 0) is 36.6 Å². The molecule has 1 N–H and O–H groups in total. The van der Waals surface area contributed by atoms with E-state index >= 15 is 0 Å². The average molecular weight is 262 g/mol. The van der Waals surface area contributed by atoms with Crippen molar-refractivity contribution in [3.8, 4) is 0 Å². The summed E-state index contributed by atoms with van der Waals surface area (Å²) in [5.41, 5.74) is 0.528. The molecule has 0 saturated carbocycles. The van der Waals surface area contributed by atoms with Gasteiger partial charge >= 0.3 is 0 Å². The van der Waals surface area contributed by atoms with Crippen LogP contribution >= 0.6 is 23.4 Å². The van der Waals surface area contributed by atoms with Crippen LogP contribution in [-0.4, -0.2) is 17.9 Å². The Hall–Kier alpha value is -0.740. The van der Waals surface area contributed by atoms with Crippen LogP contribution in [0.2, 0.25) is 5.02 Å². The van der Waals surface area contributed by atoms with Gasteiger partial charge in [-0.3, -0.25) is 4.79 Å². The summed E-state index contributed by atoms with van der Waals surface area (Å²) in [7, 11) is 0. The van der Waals surface area contributed by atoms with Gasteiger partial charge < -0.3 is 5.32 Å². The number of hydrogen-bond acceptors (Lipinski definition) is 2. The van der Waals surface area contributed by atoms with E-state index in [0.29, 0.717) is 12.1 Å².